The van der Waals surface area contributed by atoms with E-state index in [1.165, 1.54) is 32.0 Å². The lowest BCUT2D eigenvalue weighted by Gasteiger charge is -2.31. The van der Waals surface area contributed by atoms with Gasteiger partial charge in [-0.3, -0.25) is 10.1 Å². The first-order valence-corrected chi connectivity index (χ1v) is 8.17. The fourth-order valence-electron chi connectivity index (χ4n) is 2.77. The van der Waals surface area contributed by atoms with Gasteiger partial charge in [0.2, 0.25) is 0 Å². The van der Waals surface area contributed by atoms with Crippen molar-refractivity contribution in [3.05, 3.63) is 75.8 Å². The third kappa shape index (κ3) is 4.81. The van der Waals surface area contributed by atoms with Crippen LogP contribution in [0.2, 0.25) is 0 Å². The Morgan fingerprint density at radius 2 is 1.74 bits per heavy atom. The van der Waals surface area contributed by atoms with Crippen molar-refractivity contribution in [3.8, 4) is 0 Å². The monoisotopic (exact) mass is 372 g/mol. The van der Waals surface area contributed by atoms with Gasteiger partial charge in [-0.25, -0.2) is 9.59 Å². The van der Waals surface area contributed by atoms with Crippen molar-refractivity contribution in [3.63, 3.8) is 0 Å². The van der Waals surface area contributed by atoms with Crippen LogP contribution in [0.15, 0.2) is 54.6 Å². The van der Waals surface area contributed by atoms with Crippen LogP contribution in [-0.2, 0) is 21.6 Å². The summed E-state index contributed by atoms with van der Waals surface area (Å²) in [6.45, 7) is 3.02. The van der Waals surface area contributed by atoms with E-state index in [0.29, 0.717) is 0 Å². The third-order valence-electron chi connectivity index (χ3n) is 4.24. The topological polar surface area (TPSA) is 119 Å². The number of carboxylic acids is 1. The quantitative estimate of drug-likeness (QED) is 0.569. The van der Waals surface area contributed by atoms with Crippen molar-refractivity contribution in [2.75, 3.05) is 0 Å². The predicted octanol–water partition coefficient (Wildman–Crippen LogP) is 3.25. The van der Waals surface area contributed by atoms with Gasteiger partial charge >= 0.3 is 12.1 Å². The van der Waals surface area contributed by atoms with Crippen LogP contribution in [0.25, 0.3) is 0 Å². The van der Waals surface area contributed by atoms with E-state index in [9.17, 15) is 24.8 Å². The molecule has 1 amide bonds. The molecule has 8 nitrogen and oxygen atoms in total. The minimum absolute atomic E-state index is 0.0229. The standard InChI is InChI=1S/C19H20N2O6/c1-19(2,14-10-6-7-11-15(14)21(25)26)16(17(22)23)20-18(24)27-12-13-8-4-3-5-9-13/h3-11,16H,12H2,1-2H3,(H,20,24)(H,22,23)/t16-/m0/s1. The molecule has 2 aromatic rings. The number of aliphatic carboxylic acids is 1. The molecule has 0 saturated carbocycles. The van der Waals surface area contributed by atoms with Crippen molar-refractivity contribution < 1.29 is 24.4 Å². The van der Waals surface area contributed by atoms with E-state index in [1.807, 2.05) is 6.07 Å². The van der Waals surface area contributed by atoms with Gasteiger partial charge in [0.15, 0.2) is 0 Å². The minimum Gasteiger partial charge on any atom is -0.480 e. The zero-order valence-electron chi connectivity index (χ0n) is 14.9. The number of rotatable bonds is 7. The summed E-state index contributed by atoms with van der Waals surface area (Å²) in [5, 5.41) is 23.2. The summed E-state index contributed by atoms with van der Waals surface area (Å²) in [4.78, 5) is 34.6. The van der Waals surface area contributed by atoms with Crippen LogP contribution in [-0.4, -0.2) is 28.1 Å². The molecule has 0 aliphatic rings. The fraction of sp³-hybridized carbons (Fsp3) is 0.263. The number of alkyl carbamates (subject to hydrolysis) is 1. The molecule has 0 saturated heterocycles. The molecule has 0 fully saturated rings. The highest BCUT2D eigenvalue weighted by Gasteiger charge is 2.42. The summed E-state index contributed by atoms with van der Waals surface area (Å²) < 4.78 is 5.07. The van der Waals surface area contributed by atoms with Gasteiger partial charge in [-0.2, -0.15) is 0 Å². The van der Waals surface area contributed by atoms with E-state index in [4.69, 9.17) is 4.74 Å². The van der Waals surface area contributed by atoms with Crippen LogP contribution in [0.3, 0.4) is 0 Å². The molecule has 2 aromatic carbocycles. The van der Waals surface area contributed by atoms with Gasteiger partial charge in [0.25, 0.3) is 5.69 Å². The lowest BCUT2D eigenvalue weighted by atomic mass is 9.77. The maximum atomic E-state index is 12.1. The van der Waals surface area contributed by atoms with Gasteiger partial charge in [-0.05, 0) is 5.56 Å². The van der Waals surface area contributed by atoms with Gasteiger partial charge in [0, 0.05) is 17.0 Å². The summed E-state index contributed by atoms with van der Waals surface area (Å²) in [6, 6.07) is 13.3. The number of para-hydroxylation sites is 1. The van der Waals surface area contributed by atoms with E-state index in [0.717, 1.165) is 5.56 Å². The van der Waals surface area contributed by atoms with Crippen molar-refractivity contribution in [1.29, 1.82) is 0 Å². The maximum absolute atomic E-state index is 12.1. The largest absolute Gasteiger partial charge is 0.480 e. The van der Waals surface area contributed by atoms with Crippen molar-refractivity contribution in [1.82, 2.24) is 5.32 Å². The molecule has 0 unspecified atom stereocenters. The van der Waals surface area contributed by atoms with Gasteiger partial charge in [0.05, 0.1) is 4.92 Å². The van der Waals surface area contributed by atoms with Crippen LogP contribution in [0, 0.1) is 10.1 Å². The number of benzene rings is 2. The molecular formula is C19H20N2O6. The number of amides is 1. The lowest BCUT2D eigenvalue weighted by molar-refractivity contribution is -0.386. The Balaban J connectivity index is 2.19. The lowest BCUT2D eigenvalue weighted by Crippen LogP contribution is -2.52. The number of hydrogen-bond donors (Lipinski definition) is 2. The van der Waals surface area contributed by atoms with E-state index >= 15 is 0 Å². The van der Waals surface area contributed by atoms with Gasteiger partial charge in [0.1, 0.15) is 12.6 Å². The molecule has 0 radical (unpaired) electrons. The van der Waals surface area contributed by atoms with E-state index < -0.39 is 28.4 Å². The smallest absolute Gasteiger partial charge is 0.408 e. The Labute approximate surface area is 155 Å². The van der Waals surface area contributed by atoms with Gasteiger partial charge in [-0.1, -0.05) is 62.4 Å². The van der Waals surface area contributed by atoms with Crippen molar-refractivity contribution in [2.45, 2.75) is 31.9 Å². The second-order valence-electron chi connectivity index (χ2n) is 6.47. The summed E-state index contributed by atoms with van der Waals surface area (Å²) in [7, 11) is 0. The Hall–Kier alpha value is -3.42. The minimum atomic E-state index is -1.43. The second-order valence-corrected chi connectivity index (χ2v) is 6.47. The Kier molecular flexibility index (Phi) is 6.12. The number of carbonyl (C=O) groups excluding carboxylic acids is 1. The molecule has 0 aromatic heterocycles. The Morgan fingerprint density at radius 3 is 2.33 bits per heavy atom. The van der Waals surface area contributed by atoms with E-state index in [2.05, 4.69) is 5.32 Å². The normalized spacial score (nSPS) is 12.1. The molecule has 8 heteroatoms. The molecule has 1 atom stereocenters. The number of nitro benzene ring substituents is 1. The number of nitrogens with one attached hydrogen (secondary N) is 1. The van der Waals surface area contributed by atoms with E-state index in [1.54, 1.807) is 30.3 Å². The zero-order valence-corrected chi connectivity index (χ0v) is 14.9. The maximum Gasteiger partial charge on any atom is 0.408 e. The molecule has 27 heavy (non-hydrogen) atoms. The molecular weight excluding hydrogens is 352 g/mol. The second kappa shape index (κ2) is 8.31. The van der Waals surface area contributed by atoms with Gasteiger partial charge in [-0.15, -0.1) is 0 Å². The first-order chi connectivity index (χ1) is 12.7. The SMILES string of the molecule is CC(C)(c1ccccc1[N+](=O)[O-])[C@@H](NC(=O)OCc1ccccc1)C(=O)O. The van der Waals surface area contributed by atoms with Crippen LogP contribution in [0.4, 0.5) is 10.5 Å². The first kappa shape index (κ1) is 19.9. The predicted molar refractivity (Wildman–Crippen MR) is 97.3 cm³/mol. The number of carboxylic acid groups (broad SMARTS) is 1. The fourth-order valence-corrected chi connectivity index (χ4v) is 2.77. The highest BCUT2D eigenvalue weighted by molar-refractivity contribution is 5.82. The molecule has 0 spiro atoms. The summed E-state index contributed by atoms with van der Waals surface area (Å²) in [6.07, 6.45) is -0.919. The average Bonchev–Trinajstić information content (AvgIpc) is 2.64. The van der Waals surface area contributed by atoms with Crippen LogP contribution in [0.1, 0.15) is 25.0 Å². The van der Waals surface area contributed by atoms with E-state index in [-0.39, 0.29) is 17.9 Å². The molecule has 0 heterocycles. The summed E-state index contributed by atoms with van der Waals surface area (Å²) in [5.74, 6) is -1.32. The first-order valence-electron chi connectivity index (χ1n) is 8.17. The Morgan fingerprint density at radius 1 is 1.15 bits per heavy atom. The molecule has 0 aliphatic carbocycles. The summed E-state index contributed by atoms with van der Waals surface area (Å²) in [5.41, 5.74) is -0.530. The van der Waals surface area contributed by atoms with Gasteiger partial charge < -0.3 is 15.2 Å². The molecule has 2 rings (SSSR count). The number of carbonyl (C=O) groups is 2. The molecule has 0 bridgehead atoms. The number of ether oxygens (including phenoxy) is 1. The third-order valence-corrected chi connectivity index (χ3v) is 4.24. The van der Waals surface area contributed by atoms with Crippen LogP contribution in [0.5, 0.6) is 0 Å². The highest BCUT2D eigenvalue weighted by atomic mass is 16.6. The van der Waals surface area contributed by atoms with Crippen molar-refractivity contribution >= 4 is 17.7 Å². The summed E-state index contributed by atoms with van der Waals surface area (Å²) >= 11 is 0. The number of nitro groups is 1. The number of hydrogen-bond acceptors (Lipinski definition) is 5. The molecule has 2 N–H and O–H groups in total. The average molecular weight is 372 g/mol. The molecule has 142 valence electrons. The van der Waals surface area contributed by atoms with Crippen LogP contribution >= 0.6 is 0 Å². The molecule has 0 aliphatic heterocycles. The Bertz CT molecular complexity index is 835. The van der Waals surface area contributed by atoms with Crippen molar-refractivity contribution in [2.24, 2.45) is 0 Å². The van der Waals surface area contributed by atoms with Crippen LogP contribution < -0.4 is 5.32 Å². The number of nitrogens with zero attached hydrogens (tertiary/aromatic N) is 1. The highest BCUT2D eigenvalue weighted by Crippen LogP contribution is 2.34. The zero-order chi connectivity index (χ0) is 20.0.